The van der Waals surface area contributed by atoms with E-state index in [0.29, 0.717) is 11.2 Å². The van der Waals surface area contributed by atoms with Gasteiger partial charge in [-0.05, 0) is 53.8 Å². The Morgan fingerprint density at radius 3 is 2.86 bits per heavy atom. The largest absolute Gasteiger partial charge is 0.320 e. The highest BCUT2D eigenvalue weighted by atomic mass is 32.2. The van der Waals surface area contributed by atoms with Crippen LogP contribution in [0.1, 0.15) is 50.3 Å². The summed E-state index contributed by atoms with van der Waals surface area (Å²) in [6, 6.07) is 2.17. The molecule has 3 heterocycles. The van der Waals surface area contributed by atoms with Crippen LogP contribution < -0.4 is 5.32 Å². The van der Waals surface area contributed by atoms with Gasteiger partial charge in [0.25, 0.3) is 0 Å². The smallest absolute Gasteiger partial charge is 0.244 e. The Kier molecular flexibility index (Phi) is 3.76. The maximum Gasteiger partial charge on any atom is 0.244 e. The molecule has 2 atom stereocenters. The van der Waals surface area contributed by atoms with Gasteiger partial charge in [0.05, 0.1) is 5.54 Å². The molecule has 1 spiro atoms. The predicted octanol–water partition coefficient (Wildman–Crippen LogP) is 3.39. The first kappa shape index (κ1) is 14.1. The van der Waals surface area contributed by atoms with E-state index in [1.54, 1.807) is 11.3 Å². The molecule has 3 nitrogen and oxygen atoms in total. The number of carbonyl (C=O) groups excluding carboxylic acids is 1. The predicted molar refractivity (Wildman–Crippen MR) is 88.6 cm³/mol. The van der Waals surface area contributed by atoms with E-state index in [-0.39, 0.29) is 11.7 Å². The van der Waals surface area contributed by atoms with E-state index in [1.807, 2.05) is 11.8 Å². The average Bonchev–Trinajstić information content (AvgIpc) is 3.26. The number of nitrogens with one attached hydrogen (secondary N) is 1. The molecule has 1 aromatic heterocycles. The van der Waals surface area contributed by atoms with Gasteiger partial charge in [0, 0.05) is 11.8 Å². The molecule has 1 N–H and O–H groups in total. The summed E-state index contributed by atoms with van der Waals surface area (Å²) in [5, 5.41) is 8.65. The van der Waals surface area contributed by atoms with Crippen LogP contribution >= 0.6 is 23.1 Å². The molecule has 1 aliphatic carbocycles. The first-order valence-corrected chi connectivity index (χ1v) is 10.0. The molecule has 5 heteroatoms. The van der Waals surface area contributed by atoms with E-state index in [0.717, 1.165) is 19.4 Å². The molecular weight excluding hydrogens is 300 g/mol. The van der Waals surface area contributed by atoms with E-state index in [4.69, 9.17) is 0 Å². The maximum atomic E-state index is 13.1. The molecule has 2 saturated heterocycles. The van der Waals surface area contributed by atoms with Gasteiger partial charge in [-0.1, -0.05) is 12.8 Å². The number of carbonyl (C=O) groups is 1. The summed E-state index contributed by atoms with van der Waals surface area (Å²) in [4.78, 5) is 15.2. The van der Waals surface area contributed by atoms with Crippen LogP contribution in [0.15, 0.2) is 16.8 Å². The minimum absolute atomic E-state index is 0.100. The molecule has 1 aromatic rings. The van der Waals surface area contributed by atoms with Crippen molar-refractivity contribution < 1.29 is 4.79 Å². The van der Waals surface area contributed by atoms with Crippen molar-refractivity contribution in [3.05, 3.63) is 22.4 Å². The fraction of sp³-hybridized carbons (Fsp3) is 0.688. The van der Waals surface area contributed by atoms with Crippen molar-refractivity contribution >= 4 is 29.0 Å². The SMILES string of the molecule is O=C1N(CC2CCCS2)C(c2ccsc2)NC12CCCC2. The van der Waals surface area contributed by atoms with Crippen LogP contribution in [0, 0.1) is 0 Å². The van der Waals surface area contributed by atoms with Gasteiger partial charge in [0.2, 0.25) is 5.91 Å². The summed E-state index contributed by atoms with van der Waals surface area (Å²) in [7, 11) is 0. The maximum absolute atomic E-state index is 13.1. The van der Waals surface area contributed by atoms with Crippen molar-refractivity contribution in [1.29, 1.82) is 0 Å². The zero-order valence-corrected chi connectivity index (χ0v) is 13.8. The normalized spacial score (nSPS) is 31.6. The van der Waals surface area contributed by atoms with Crippen LogP contribution in [0.2, 0.25) is 0 Å². The van der Waals surface area contributed by atoms with Crippen LogP contribution in [0.25, 0.3) is 0 Å². The summed E-state index contributed by atoms with van der Waals surface area (Å²) in [5.74, 6) is 1.62. The number of thioether (sulfide) groups is 1. The van der Waals surface area contributed by atoms with Gasteiger partial charge in [-0.2, -0.15) is 23.1 Å². The average molecular weight is 322 g/mol. The third-order valence-electron chi connectivity index (χ3n) is 5.14. The third-order valence-corrected chi connectivity index (χ3v) is 7.22. The number of rotatable bonds is 3. The number of hydrogen-bond acceptors (Lipinski definition) is 4. The Hall–Kier alpha value is -0.520. The Bertz CT molecular complexity index is 504. The second-order valence-electron chi connectivity index (χ2n) is 6.49. The molecule has 3 aliphatic rings. The minimum Gasteiger partial charge on any atom is -0.320 e. The number of hydrogen-bond donors (Lipinski definition) is 1. The lowest BCUT2D eigenvalue weighted by Crippen LogP contribution is -2.44. The zero-order chi connectivity index (χ0) is 14.3. The summed E-state index contributed by atoms with van der Waals surface area (Å²) >= 11 is 3.76. The number of amides is 1. The summed E-state index contributed by atoms with van der Waals surface area (Å²) in [5.41, 5.74) is 1.01. The van der Waals surface area contributed by atoms with Gasteiger partial charge in [-0.25, -0.2) is 0 Å². The Morgan fingerprint density at radius 1 is 1.33 bits per heavy atom. The van der Waals surface area contributed by atoms with Crippen molar-refractivity contribution in [2.24, 2.45) is 0 Å². The zero-order valence-electron chi connectivity index (χ0n) is 12.2. The van der Waals surface area contributed by atoms with Gasteiger partial charge in [-0.15, -0.1) is 0 Å². The van der Waals surface area contributed by atoms with Gasteiger partial charge in [0.15, 0.2) is 0 Å². The summed E-state index contributed by atoms with van der Waals surface area (Å²) in [6.07, 6.45) is 7.06. The second-order valence-corrected chi connectivity index (χ2v) is 8.67. The van der Waals surface area contributed by atoms with Gasteiger partial charge in [-0.3, -0.25) is 10.1 Å². The van der Waals surface area contributed by atoms with Gasteiger partial charge < -0.3 is 4.90 Å². The van der Waals surface area contributed by atoms with Crippen LogP contribution in [0.4, 0.5) is 0 Å². The lowest BCUT2D eigenvalue weighted by molar-refractivity contribution is -0.133. The highest BCUT2D eigenvalue weighted by Gasteiger charge is 2.53. The number of thiophene rings is 1. The molecule has 21 heavy (non-hydrogen) atoms. The molecular formula is C16H22N2OS2. The van der Waals surface area contributed by atoms with E-state index in [9.17, 15) is 4.79 Å². The molecule has 4 rings (SSSR count). The van der Waals surface area contributed by atoms with Crippen LogP contribution in [-0.4, -0.2) is 33.9 Å². The fourth-order valence-corrected chi connectivity index (χ4v) is 5.97. The molecule has 1 amide bonds. The quantitative estimate of drug-likeness (QED) is 0.926. The molecule has 0 radical (unpaired) electrons. The molecule has 3 fully saturated rings. The van der Waals surface area contributed by atoms with E-state index in [1.165, 1.54) is 37.0 Å². The first-order chi connectivity index (χ1) is 10.3. The standard InChI is InChI=1S/C16H22N2OS2/c19-15-16(6-1-2-7-16)17-14(12-5-9-20-11-12)18(15)10-13-4-3-8-21-13/h5,9,11,13-14,17H,1-4,6-8,10H2. The molecule has 2 aliphatic heterocycles. The van der Waals surface area contributed by atoms with Crippen molar-refractivity contribution in [1.82, 2.24) is 10.2 Å². The highest BCUT2D eigenvalue weighted by Crippen LogP contribution is 2.42. The lowest BCUT2D eigenvalue weighted by atomic mass is 9.98. The number of nitrogens with zero attached hydrogens (tertiary/aromatic N) is 1. The highest BCUT2D eigenvalue weighted by molar-refractivity contribution is 8.00. The molecule has 0 bridgehead atoms. The monoisotopic (exact) mass is 322 g/mol. The Morgan fingerprint density at radius 2 is 2.19 bits per heavy atom. The van der Waals surface area contributed by atoms with Gasteiger partial charge >= 0.3 is 0 Å². The van der Waals surface area contributed by atoms with Crippen LogP contribution in [0.3, 0.4) is 0 Å². The lowest BCUT2D eigenvalue weighted by Gasteiger charge is -2.26. The minimum atomic E-state index is -0.254. The molecule has 1 saturated carbocycles. The molecule has 2 unspecified atom stereocenters. The van der Waals surface area contributed by atoms with E-state index >= 15 is 0 Å². The van der Waals surface area contributed by atoms with E-state index in [2.05, 4.69) is 27.0 Å². The second kappa shape index (κ2) is 5.60. The van der Waals surface area contributed by atoms with Crippen LogP contribution in [-0.2, 0) is 4.79 Å². The fourth-order valence-electron chi connectivity index (χ4n) is 4.02. The van der Waals surface area contributed by atoms with Crippen LogP contribution in [0.5, 0.6) is 0 Å². The van der Waals surface area contributed by atoms with Crippen molar-refractivity contribution in [3.63, 3.8) is 0 Å². The first-order valence-electron chi connectivity index (χ1n) is 8.01. The molecule has 0 aromatic carbocycles. The summed E-state index contributed by atoms with van der Waals surface area (Å²) in [6.45, 7) is 0.915. The Balaban J connectivity index is 1.61. The molecule has 114 valence electrons. The van der Waals surface area contributed by atoms with Gasteiger partial charge in [0.1, 0.15) is 6.17 Å². The van der Waals surface area contributed by atoms with Crippen molar-refractivity contribution in [2.45, 2.75) is 55.5 Å². The summed E-state index contributed by atoms with van der Waals surface area (Å²) < 4.78 is 0. The Labute approximate surface area is 134 Å². The third kappa shape index (κ3) is 2.43. The topological polar surface area (TPSA) is 32.3 Å². The van der Waals surface area contributed by atoms with E-state index < -0.39 is 0 Å². The van der Waals surface area contributed by atoms with Crippen molar-refractivity contribution in [2.75, 3.05) is 12.3 Å². The van der Waals surface area contributed by atoms with Crippen molar-refractivity contribution in [3.8, 4) is 0 Å².